The van der Waals surface area contributed by atoms with E-state index in [-0.39, 0.29) is 12.1 Å². The number of hydrogen-bond acceptors (Lipinski definition) is 3. The molecule has 0 aliphatic heterocycles. The summed E-state index contributed by atoms with van der Waals surface area (Å²) >= 11 is 0. The van der Waals surface area contributed by atoms with Crippen LogP contribution in [0.3, 0.4) is 0 Å². The second kappa shape index (κ2) is 8.59. The van der Waals surface area contributed by atoms with Crippen LogP contribution < -0.4 is 5.32 Å². The quantitative estimate of drug-likeness (QED) is 0.318. The minimum absolute atomic E-state index is 0.115. The Morgan fingerprint density at radius 3 is 2.35 bits per heavy atom. The van der Waals surface area contributed by atoms with Gasteiger partial charge < -0.3 is 15.1 Å². The van der Waals surface area contributed by atoms with Crippen LogP contribution in [0.2, 0.25) is 0 Å². The Morgan fingerprint density at radius 1 is 1.24 bits per heavy atom. The Hall–Kier alpha value is -0.480. The highest BCUT2D eigenvalue weighted by Crippen LogP contribution is 2.31. The van der Waals surface area contributed by atoms with Gasteiger partial charge in [-0.15, -0.1) is 0 Å². The molecule has 6 heteroatoms. The van der Waals surface area contributed by atoms with Crippen LogP contribution in [0.4, 0.5) is 0 Å². The molecule has 0 radical (unpaired) electrons. The molecule has 0 aromatic rings. The van der Waals surface area contributed by atoms with Crippen molar-refractivity contribution in [1.29, 1.82) is 0 Å². The lowest BCUT2D eigenvalue weighted by Crippen LogP contribution is -2.16. The molecule has 17 heavy (non-hydrogen) atoms. The minimum atomic E-state index is -3.92. The van der Waals surface area contributed by atoms with E-state index >= 15 is 0 Å². The van der Waals surface area contributed by atoms with Crippen molar-refractivity contribution in [2.75, 3.05) is 12.8 Å². The van der Waals surface area contributed by atoms with Gasteiger partial charge in [-0.05, 0) is 31.9 Å². The second-order valence-electron chi connectivity index (χ2n) is 4.19. The summed E-state index contributed by atoms with van der Waals surface area (Å²) in [5.74, 6) is 0.115. The molecule has 0 atom stereocenters. The number of allylic oxidation sites excluding steroid dienone is 1. The normalized spacial score (nSPS) is 11.5. The van der Waals surface area contributed by atoms with E-state index in [4.69, 9.17) is 9.79 Å². The van der Waals surface area contributed by atoms with Gasteiger partial charge in [-0.2, -0.15) is 0 Å². The predicted octanol–water partition coefficient (Wildman–Crippen LogP) is 1.81. The number of rotatable bonds is 10. The molecule has 0 bridgehead atoms. The molecular formula is C11H22NO4P. The van der Waals surface area contributed by atoms with Crippen molar-refractivity contribution >= 4 is 13.4 Å². The van der Waals surface area contributed by atoms with Gasteiger partial charge in [0.1, 0.15) is 0 Å². The first-order valence-electron chi connectivity index (χ1n) is 5.77. The SMILES string of the molecule is C=C(C)C(=O)CCCCCCNCP(=O)(O)O. The van der Waals surface area contributed by atoms with Gasteiger partial charge in [0.2, 0.25) is 0 Å². The summed E-state index contributed by atoms with van der Waals surface area (Å²) in [5.41, 5.74) is 0.605. The highest BCUT2D eigenvalue weighted by molar-refractivity contribution is 7.51. The molecule has 0 rings (SSSR count). The van der Waals surface area contributed by atoms with E-state index in [2.05, 4.69) is 11.9 Å². The first-order chi connectivity index (χ1) is 7.83. The summed E-state index contributed by atoms with van der Waals surface area (Å²) in [6.45, 7) is 5.90. The van der Waals surface area contributed by atoms with Crippen molar-refractivity contribution in [3.63, 3.8) is 0 Å². The zero-order valence-electron chi connectivity index (χ0n) is 10.3. The Kier molecular flexibility index (Phi) is 8.35. The fourth-order valence-electron chi connectivity index (χ4n) is 1.33. The monoisotopic (exact) mass is 263 g/mol. The molecule has 0 unspecified atom stereocenters. The molecule has 0 aliphatic carbocycles. The third-order valence-electron chi connectivity index (χ3n) is 2.30. The summed E-state index contributed by atoms with van der Waals surface area (Å²) in [5, 5.41) is 2.70. The lowest BCUT2D eigenvalue weighted by Gasteiger charge is -2.05. The van der Waals surface area contributed by atoms with Gasteiger partial charge in [0.05, 0.1) is 6.29 Å². The number of unbranched alkanes of at least 4 members (excludes halogenated alkanes) is 3. The van der Waals surface area contributed by atoms with E-state index in [1.807, 2.05) is 0 Å². The summed E-state index contributed by atoms with van der Waals surface area (Å²) in [7, 11) is -3.92. The molecule has 0 amide bonds. The summed E-state index contributed by atoms with van der Waals surface area (Å²) < 4.78 is 10.5. The molecule has 0 fully saturated rings. The summed E-state index contributed by atoms with van der Waals surface area (Å²) in [6, 6.07) is 0. The van der Waals surface area contributed by atoms with Crippen molar-refractivity contribution in [1.82, 2.24) is 5.32 Å². The highest BCUT2D eigenvalue weighted by atomic mass is 31.2. The van der Waals surface area contributed by atoms with Crippen LogP contribution in [0.1, 0.15) is 39.0 Å². The fourth-order valence-corrected chi connectivity index (χ4v) is 1.78. The average Bonchev–Trinajstić information content (AvgIpc) is 2.19. The first kappa shape index (κ1) is 16.5. The van der Waals surface area contributed by atoms with Crippen molar-refractivity contribution in [3.05, 3.63) is 12.2 Å². The fraction of sp³-hybridized carbons (Fsp3) is 0.727. The third-order valence-corrected chi connectivity index (χ3v) is 2.94. The molecule has 0 saturated carbocycles. The van der Waals surface area contributed by atoms with Crippen molar-refractivity contribution < 1.29 is 19.1 Å². The van der Waals surface area contributed by atoms with Gasteiger partial charge in [-0.25, -0.2) is 0 Å². The Balaban J connectivity index is 3.28. The molecule has 100 valence electrons. The lowest BCUT2D eigenvalue weighted by molar-refractivity contribution is -0.115. The van der Waals surface area contributed by atoms with E-state index in [9.17, 15) is 9.36 Å². The molecule has 0 heterocycles. The number of carbonyl (C=O) groups is 1. The molecule has 0 aromatic carbocycles. The molecular weight excluding hydrogens is 241 g/mol. The van der Waals surface area contributed by atoms with Gasteiger partial charge in [-0.1, -0.05) is 19.4 Å². The molecule has 0 spiro atoms. The van der Waals surface area contributed by atoms with Crippen LogP contribution in [0.15, 0.2) is 12.2 Å². The van der Waals surface area contributed by atoms with E-state index in [1.54, 1.807) is 6.92 Å². The average molecular weight is 263 g/mol. The maximum atomic E-state index is 11.2. The highest BCUT2D eigenvalue weighted by Gasteiger charge is 2.10. The number of ketones is 1. The first-order valence-corrected chi connectivity index (χ1v) is 7.56. The van der Waals surface area contributed by atoms with E-state index in [1.165, 1.54) is 0 Å². The van der Waals surface area contributed by atoms with Gasteiger partial charge in [-0.3, -0.25) is 9.36 Å². The van der Waals surface area contributed by atoms with E-state index < -0.39 is 7.60 Å². The van der Waals surface area contributed by atoms with Crippen LogP contribution in [0.5, 0.6) is 0 Å². The largest absolute Gasteiger partial charge is 0.339 e. The van der Waals surface area contributed by atoms with Crippen LogP contribution in [0, 0.1) is 0 Å². The van der Waals surface area contributed by atoms with Crippen molar-refractivity contribution in [2.24, 2.45) is 0 Å². The van der Waals surface area contributed by atoms with E-state index in [0.717, 1.165) is 25.7 Å². The standard InChI is InChI=1S/C11H22NO4P/c1-10(2)11(13)7-5-3-4-6-8-12-9-17(14,15)16/h12H,1,3-9H2,2H3,(H2,14,15,16). The number of nitrogens with one attached hydrogen (secondary N) is 1. The van der Waals surface area contributed by atoms with Crippen LogP contribution >= 0.6 is 7.60 Å². The van der Waals surface area contributed by atoms with Crippen LogP contribution in [0.25, 0.3) is 0 Å². The molecule has 3 N–H and O–H groups in total. The third kappa shape index (κ3) is 11.8. The number of hydrogen-bond donors (Lipinski definition) is 3. The summed E-state index contributed by atoms with van der Waals surface area (Å²) in [4.78, 5) is 28.3. The molecule has 0 saturated heterocycles. The van der Waals surface area contributed by atoms with Gasteiger partial charge in [0.15, 0.2) is 5.78 Å². The lowest BCUT2D eigenvalue weighted by atomic mass is 10.1. The van der Waals surface area contributed by atoms with Crippen molar-refractivity contribution in [2.45, 2.75) is 39.0 Å². The van der Waals surface area contributed by atoms with Gasteiger partial charge in [0.25, 0.3) is 0 Å². The van der Waals surface area contributed by atoms with Gasteiger partial charge >= 0.3 is 7.60 Å². The Labute approximate surface area is 102 Å². The maximum Gasteiger partial charge on any atom is 0.339 e. The molecule has 0 aliphatic rings. The zero-order chi connectivity index (χ0) is 13.3. The molecule has 5 nitrogen and oxygen atoms in total. The van der Waals surface area contributed by atoms with Crippen molar-refractivity contribution in [3.8, 4) is 0 Å². The Bertz CT molecular complexity index is 298. The summed E-state index contributed by atoms with van der Waals surface area (Å²) in [6.07, 6.45) is 3.91. The van der Waals surface area contributed by atoms with E-state index in [0.29, 0.717) is 18.5 Å². The topological polar surface area (TPSA) is 86.6 Å². The maximum absolute atomic E-state index is 11.2. The van der Waals surface area contributed by atoms with Crippen LogP contribution in [-0.4, -0.2) is 28.4 Å². The van der Waals surface area contributed by atoms with Crippen LogP contribution in [-0.2, 0) is 9.36 Å². The van der Waals surface area contributed by atoms with Gasteiger partial charge in [0, 0.05) is 6.42 Å². The number of Topliss-reactive ketones (excluding diaryl/α,β-unsaturated/α-hetero) is 1. The Morgan fingerprint density at radius 2 is 1.82 bits per heavy atom. The molecule has 0 aromatic heterocycles. The zero-order valence-corrected chi connectivity index (χ0v) is 11.2. The second-order valence-corrected chi connectivity index (χ2v) is 5.84. The predicted molar refractivity (Wildman–Crippen MR) is 67.8 cm³/mol. The minimum Gasteiger partial charge on any atom is -0.324 e. The number of carbonyl (C=O) groups excluding carboxylic acids is 1. The smallest absolute Gasteiger partial charge is 0.324 e.